The SMILES string of the molecule is COC(=O)c1cc(C)ccc1C(F)(F)F. The average Bonchev–Trinajstić information content (AvgIpc) is 2.14. The lowest BCUT2D eigenvalue weighted by atomic mass is 10.0. The van der Waals surface area contributed by atoms with E-state index < -0.39 is 23.3 Å². The summed E-state index contributed by atoms with van der Waals surface area (Å²) in [6.07, 6.45) is -4.54. The smallest absolute Gasteiger partial charge is 0.417 e. The van der Waals surface area contributed by atoms with Gasteiger partial charge in [-0.1, -0.05) is 11.6 Å². The molecule has 0 radical (unpaired) electrons. The topological polar surface area (TPSA) is 26.3 Å². The molecule has 0 aliphatic rings. The molecule has 15 heavy (non-hydrogen) atoms. The summed E-state index contributed by atoms with van der Waals surface area (Å²) in [6, 6.07) is 3.34. The van der Waals surface area contributed by atoms with Gasteiger partial charge in [0.1, 0.15) is 0 Å². The molecule has 0 bridgehead atoms. The third-order valence-corrected chi connectivity index (χ3v) is 1.89. The van der Waals surface area contributed by atoms with E-state index in [1.165, 1.54) is 6.07 Å². The van der Waals surface area contributed by atoms with Crippen LogP contribution in [0, 0.1) is 6.92 Å². The van der Waals surface area contributed by atoms with E-state index in [4.69, 9.17) is 0 Å². The van der Waals surface area contributed by atoms with Gasteiger partial charge in [0, 0.05) is 0 Å². The van der Waals surface area contributed by atoms with E-state index in [0.717, 1.165) is 19.2 Å². The Hall–Kier alpha value is -1.52. The minimum Gasteiger partial charge on any atom is -0.465 e. The standard InChI is InChI=1S/C10H9F3O2/c1-6-3-4-8(10(11,12)13)7(5-6)9(14)15-2/h3-5H,1-2H3. The number of esters is 1. The summed E-state index contributed by atoms with van der Waals surface area (Å²) >= 11 is 0. The molecule has 0 fully saturated rings. The van der Waals surface area contributed by atoms with Crippen molar-refractivity contribution in [3.63, 3.8) is 0 Å². The fraction of sp³-hybridized carbons (Fsp3) is 0.300. The summed E-state index contributed by atoms with van der Waals surface area (Å²) in [4.78, 5) is 11.1. The fourth-order valence-electron chi connectivity index (χ4n) is 1.18. The van der Waals surface area contributed by atoms with Gasteiger partial charge in [0.2, 0.25) is 0 Å². The Morgan fingerprint density at radius 3 is 2.40 bits per heavy atom. The summed E-state index contributed by atoms with van der Waals surface area (Å²) in [5.74, 6) is -0.981. The molecule has 2 nitrogen and oxygen atoms in total. The molecule has 0 amide bonds. The molecule has 0 atom stereocenters. The number of hydrogen-bond acceptors (Lipinski definition) is 2. The molecular formula is C10H9F3O2. The number of ether oxygens (including phenoxy) is 1. The zero-order valence-electron chi connectivity index (χ0n) is 8.18. The molecule has 0 aliphatic carbocycles. The van der Waals surface area contributed by atoms with Gasteiger partial charge < -0.3 is 4.74 Å². The van der Waals surface area contributed by atoms with Gasteiger partial charge in [0.25, 0.3) is 0 Å². The van der Waals surface area contributed by atoms with Crippen LogP contribution in [0.15, 0.2) is 18.2 Å². The van der Waals surface area contributed by atoms with Crippen molar-refractivity contribution < 1.29 is 22.7 Å². The van der Waals surface area contributed by atoms with E-state index in [0.29, 0.717) is 5.56 Å². The molecule has 1 rings (SSSR count). The molecule has 0 heterocycles. The van der Waals surface area contributed by atoms with Crippen LogP contribution in [0.1, 0.15) is 21.5 Å². The van der Waals surface area contributed by atoms with Crippen molar-refractivity contribution in [1.82, 2.24) is 0 Å². The predicted octanol–water partition coefficient (Wildman–Crippen LogP) is 2.80. The largest absolute Gasteiger partial charge is 0.465 e. The number of methoxy groups -OCH3 is 1. The van der Waals surface area contributed by atoms with Crippen LogP contribution in [0.2, 0.25) is 0 Å². The summed E-state index contributed by atoms with van der Waals surface area (Å²) in [6.45, 7) is 1.60. The van der Waals surface area contributed by atoms with Gasteiger partial charge >= 0.3 is 12.1 Å². The van der Waals surface area contributed by atoms with Crippen LogP contribution in [0.5, 0.6) is 0 Å². The first-order valence-electron chi connectivity index (χ1n) is 4.12. The molecule has 1 aromatic rings. The van der Waals surface area contributed by atoms with E-state index in [9.17, 15) is 18.0 Å². The maximum atomic E-state index is 12.5. The van der Waals surface area contributed by atoms with E-state index >= 15 is 0 Å². The minimum absolute atomic E-state index is 0.454. The second kappa shape index (κ2) is 3.92. The molecule has 0 aromatic heterocycles. The Morgan fingerprint density at radius 2 is 1.93 bits per heavy atom. The number of alkyl halides is 3. The average molecular weight is 218 g/mol. The van der Waals surface area contributed by atoms with Gasteiger partial charge in [-0.2, -0.15) is 13.2 Å². The van der Waals surface area contributed by atoms with Gasteiger partial charge in [0.15, 0.2) is 0 Å². The highest BCUT2D eigenvalue weighted by atomic mass is 19.4. The number of carbonyl (C=O) groups is 1. The lowest BCUT2D eigenvalue weighted by molar-refractivity contribution is -0.138. The maximum Gasteiger partial charge on any atom is 0.417 e. The normalized spacial score (nSPS) is 11.3. The Kier molecular flexibility index (Phi) is 3.02. The summed E-state index contributed by atoms with van der Waals surface area (Å²) in [5, 5.41) is 0. The summed E-state index contributed by atoms with van der Waals surface area (Å²) < 4.78 is 41.7. The highest BCUT2D eigenvalue weighted by Crippen LogP contribution is 2.32. The molecule has 0 saturated carbocycles. The van der Waals surface area contributed by atoms with Crippen LogP contribution in [0.25, 0.3) is 0 Å². The van der Waals surface area contributed by atoms with Gasteiger partial charge in [-0.05, 0) is 19.1 Å². The Bertz CT molecular complexity index is 383. The zero-order valence-corrected chi connectivity index (χ0v) is 8.18. The van der Waals surface area contributed by atoms with E-state index in [2.05, 4.69) is 4.74 Å². The second-order valence-electron chi connectivity index (χ2n) is 3.04. The Balaban J connectivity index is 3.33. The van der Waals surface area contributed by atoms with E-state index in [-0.39, 0.29) is 0 Å². The summed E-state index contributed by atoms with van der Waals surface area (Å²) in [7, 11) is 1.05. The summed E-state index contributed by atoms with van der Waals surface area (Å²) in [5.41, 5.74) is -0.853. The van der Waals surface area contributed by atoms with Gasteiger partial charge in [-0.15, -0.1) is 0 Å². The van der Waals surface area contributed by atoms with Crippen LogP contribution in [-0.2, 0) is 10.9 Å². The lowest BCUT2D eigenvalue weighted by Crippen LogP contribution is -2.14. The van der Waals surface area contributed by atoms with E-state index in [1.54, 1.807) is 6.92 Å². The van der Waals surface area contributed by atoms with Gasteiger partial charge in [0.05, 0.1) is 18.2 Å². The second-order valence-corrected chi connectivity index (χ2v) is 3.04. The number of carbonyl (C=O) groups excluding carboxylic acids is 1. The first kappa shape index (κ1) is 11.6. The molecule has 0 N–H and O–H groups in total. The number of aryl methyl sites for hydroxylation is 1. The molecule has 5 heteroatoms. The Labute approximate surface area is 84.7 Å². The predicted molar refractivity (Wildman–Crippen MR) is 47.5 cm³/mol. The first-order chi connectivity index (χ1) is 6.86. The maximum absolute atomic E-state index is 12.5. The van der Waals surface area contributed by atoms with Crippen LogP contribution in [-0.4, -0.2) is 13.1 Å². The van der Waals surface area contributed by atoms with Gasteiger partial charge in [-0.25, -0.2) is 4.79 Å². The fourth-order valence-corrected chi connectivity index (χ4v) is 1.18. The third kappa shape index (κ3) is 2.49. The molecular weight excluding hydrogens is 209 g/mol. The molecule has 0 unspecified atom stereocenters. The van der Waals surface area contributed by atoms with Crippen molar-refractivity contribution in [2.24, 2.45) is 0 Å². The Morgan fingerprint density at radius 1 is 1.33 bits per heavy atom. The van der Waals surface area contributed by atoms with Crippen molar-refractivity contribution in [3.05, 3.63) is 34.9 Å². The number of rotatable bonds is 1. The molecule has 0 saturated heterocycles. The number of hydrogen-bond donors (Lipinski definition) is 0. The van der Waals surface area contributed by atoms with Crippen LogP contribution in [0.4, 0.5) is 13.2 Å². The van der Waals surface area contributed by atoms with Crippen molar-refractivity contribution in [2.75, 3.05) is 7.11 Å². The molecule has 0 spiro atoms. The van der Waals surface area contributed by atoms with Crippen molar-refractivity contribution >= 4 is 5.97 Å². The minimum atomic E-state index is -4.54. The lowest BCUT2D eigenvalue weighted by Gasteiger charge is -2.11. The van der Waals surface area contributed by atoms with Gasteiger partial charge in [-0.3, -0.25) is 0 Å². The first-order valence-corrected chi connectivity index (χ1v) is 4.12. The van der Waals surface area contributed by atoms with E-state index in [1.807, 2.05) is 0 Å². The van der Waals surface area contributed by atoms with Crippen LogP contribution in [0.3, 0.4) is 0 Å². The van der Waals surface area contributed by atoms with Crippen molar-refractivity contribution in [2.45, 2.75) is 13.1 Å². The highest BCUT2D eigenvalue weighted by molar-refractivity contribution is 5.91. The third-order valence-electron chi connectivity index (χ3n) is 1.89. The quantitative estimate of drug-likeness (QED) is 0.677. The van der Waals surface area contributed by atoms with Crippen LogP contribution < -0.4 is 0 Å². The molecule has 0 aliphatic heterocycles. The zero-order chi connectivity index (χ0) is 11.6. The van der Waals surface area contributed by atoms with Crippen molar-refractivity contribution in [3.8, 4) is 0 Å². The van der Waals surface area contributed by atoms with Crippen LogP contribution >= 0.6 is 0 Å². The number of halogens is 3. The molecule has 1 aromatic carbocycles. The number of benzene rings is 1. The molecule has 82 valence electrons. The highest BCUT2D eigenvalue weighted by Gasteiger charge is 2.35. The van der Waals surface area contributed by atoms with Crippen molar-refractivity contribution in [1.29, 1.82) is 0 Å². The monoisotopic (exact) mass is 218 g/mol.